The first kappa shape index (κ1) is 12.7. The minimum atomic E-state index is -0.555. The molecule has 0 spiro atoms. The third-order valence-electron chi connectivity index (χ3n) is 2.58. The Morgan fingerprint density at radius 3 is 2.89 bits per heavy atom. The second kappa shape index (κ2) is 5.23. The zero-order chi connectivity index (χ0) is 13.1. The molecular formula is C12H11ClFN3O. The molecule has 0 radical (unpaired) electrons. The molecule has 1 fully saturated rings. The van der Waals surface area contributed by atoms with Crippen LogP contribution in [0.25, 0.3) is 0 Å². The van der Waals surface area contributed by atoms with Crippen molar-refractivity contribution in [2.45, 2.75) is 18.9 Å². The fourth-order valence-corrected chi connectivity index (χ4v) is 1.66. The van der Waals surface area contributed by atoms with Crippen LogP contribution >= 0.6 is 11.6 Å². The molecule has 18 heavy (non-hydrogen) atoms. The molecule has 0 bridgehead atoms. The van der Waals surface area contributed by atoms with E-state index in [1.54, 1.807) is 0 Å². The summed E-state index contributed by atoms with van der Waals surface area (Å²) in [7, 11) is 0. The summed E-state index contributed by atoms with van der Waals surface area (Å²) in [6, 6.07) is 4.15. The zero-order valence-corrected chi connectivity index (χ0v) is 10.2. The number of amides is 1. The number of carbonyl (C=O) groups excluding carboxylic acids is 1. The molecule has 4 nitrogen and oxygen atoms in total. The van der Waals surface area contributed by atoms with Gasteiger partial charge in [-0.05, 0) is 31.0 Å². The van der Waals surface area contributed by atoms with E-state index in [-0.39, 0.29) is 23.5 Å². The van der Waals surface area contributed by atoms with Crippen LogP contribution in [0.5, 0.6) is 0 Å². The van der Waals surface area contributed by atoms with Crippen molar-refractivity contribution in [2.75, 3.05) is 11.4 Å². The van der Waals surface area contributed by atoms with E-state index in [2.05, 4.69) is 5.32 Å². The molecule has 0 atom stereocenters. The van der Waals surface area contributed by atoms with Gasteiger partial charge >= 0.3 is 0 Å². The van der Waals surface area contributed by atoms with E-state index < -0.39 is 5.82 Å². The molecular weight excluding hydrogens is 257 g/mol. The van der Waals surface area contributed by atoms with E-state index in [0.29, 0.717) is 5.69 Å². The van der Waals surface area contributed by atoms with Crippen LogP contribution in [0, 0.1) is 17.3 Å². The lowest BCUT2D eigenvalue weighted by atomic mass is 10.3. The van der Waals surface area contributed by atoms with Crippen LogP contribution in [0.2, 0.25) is 5.02 Å². The number of hydrogen-bond donors (Lipinski definition) is 1. The molecule has 1 aromatic rings. The fourth-order valence-electron chi connectivity index (χ4n) is 1.48. The van der Waals surface area contributed by atoms with Gasteiger partial charge in [0.2, 0.25) is 5.91 Å². The number of halogens is 2. The van der Waals surface area contributed by atoms with Crippen LogP contribution in [0.1, 0.15) is 12.8 Å². The minimum absolute atomic E-state index is 0.0737. The van der Waals surface area contributed by atoms with Crippen LogP contribution in [0.4, 0.5) is 10.1 Å². The van der Waals surface area contributed by atoms with Gasteiger partial charge in [0.1, 0.15) is 12.4 Å². The third-order valence-corrected chi connectivity index (χ3v) is 2.87. The van der Waals surface area contributed by atoms with E-state index in [4.69, 9.17) is 16.9 Å². The molecule has 1 N–H and O–H groups in total. The predicted octanol–water partition coefficient (Wildman–Crippen LogP) is 2.05. The minimum Gasteiger partial charge on any atom is -0.352 e. The van der Waals surface area contributed by atoms with Crippen LogP contribution in [0.15, 0.2) is 18.2 Å². The first-order valence-electron chi connectivity index (χ1n) is 5.52. The Morgan fingerprint density at radius 1 is 1.61 bits per heavy atom. The summed E-state index contributed by atoms with van der Waals surface area (Å²) >= 11 is 5.63. The number of nitriles is 1. The van der Waals surface area contributed by atoms with E-state index in [1.165, 1.54) is 23.1 Å². The molecule has 0 saturated heterocycles. The van der Waals surface area contributed by atoms with E-state index in [0.717, 1.165) is 12.8 Å². The molecule has 94 valence electrons. The highest BCUT2D eigenvalue weighted by atomic mass is 35.5. The molecule has 0 heterocycles. The summed E-state index contributed by atoms with van der Waals surface area (Å²) in [5.41, 5.74) is 0.398. The van der Waals surface area contributed by atoms with Gasteiger partial charge in [-0.2, -0.15) is 5.26 Å². The summed E-state index contributed by atoms with van der Waals surface area (Å²) in [4.78, 5) is 12.7. The third kappa shape index (κ3) is 3.11. The van der Waals surface area contributed by atoms with E-state index >= 15 is 0 Å². The highest BCUT2D eigenvalue weighted by molar-refractivity contribution is 6.31. The normalized spacial score (nSPS) is 13.8. The molecule has 1 aromatic carbocycles. The largest absolute Gasteiger partial charge is 0.352 e. The maximum absolute atomic E-state index is 13.0. The number of rotatable bonds is 4. The lowest BCUT2D eigenvalue weighted by Crippen LogP contribution is -2.36. The van der Waals surface area contributed by atoms with Crippen molar-refractivity contribution >= 4 is 23.2 Å². The van der Waals surface area contributed by atoms with Gasteiger partial charge in [0, 0.05) is 6.04 Å². The standard InChI is InChI=1S/C12H11ClFN3O/c13-10-5-9(3-4-11(10)14)17(7-15)6-12(18)16-8-1-2-8/h3-5,8H,1-2,6H2,(H,16,18). The Kier molecular flexibility index (Phi) is 3.68. The van der Waals surface area contributed by atoms with E-state index in [9.17, 15) is 9.18 Å². The van der Waals surface area contributed by atoms with E-state index in [1.807, 2.05) is 6.19 Å². The lowest BCUT2D eigenvalue weighted by Gasteiger charge is -2.15. The first-order valence-corrected chi connectivity index (χ1v) is 5.89. The van der Waals surface area contributed by atoms with Gasteiger partial charge in [0.25, 0.3) is 0 Å². The monoisotopic (exact) mass is 267 g/mol. The molecule has 0 aliphatic heterocycles. The Hall–Kier alpha value is -1.80. The number of hydrogen-bond acceptors (Lipinski definition) is 3. The second-order valence-electron chi connectivity index (χ2n) is 4.13. The summed E-state index contributed by atoms with van der Waals surface area (Å²) in [6.07, 6.45) is 3.85. The Balaban J connectivity index is 2.05. The maximum Gasteiger partial charge on any atom is 0.241 e. The van der Waals surface area contributed by atoms with Gasteiger partial charge in [0.15, 0.2) is 6.19 Å². The highest BCUT2D eigenvalue weighted by Gasteiger charge is 2.24. The number of nitrogens with zero attached hydrogens (tertiary/aromatic N) is 2. The van der Waals surface area contributed by atoms with Gasteiger partial charge < -0.3 is 5.32 Å². The Labute approximate surface area is 109 Å². The van der Waals surface area contributed by atoms with Gasteiger partial charge in [0.05, 0.1) is 10.7 Å². The SMILES string of the molecule is N#CN(CC(=O)NC1CC1)c1ccc(F)c(Cl)c1. The summed E-state index contributed by atoms with van der Waals surface area (Å²) in [5.74, 6) is -0.778. The second-order valence-corrected chi connectivity index (χ2v) is 4.53. The van der Waals surface area contributed by atoms with Crippen molar-refractivity contribution in [3.63, 3.8) is 0 Å². The molecule has 1 aliphatic rings. The molecule has 0 aromatic heterocycles. The molecule has 6 heteroatoms. The number of nitrogens with one attached hydrogen (secondary N) is 1. The van der Waals surface area contributed by atoms with Crippen molar-refractivity contribution in [3.05, 3.63) is 29.0 Å². The molecule has 1 saturated carbocycles. The summed E-state index contributed by atoms with van der Waals surface area (Å²) in [5, 5.41) is 11.7. The highest BCUT2D eigenvalue weighted by Crippen LogP contribution is 2.22. The topological polar surface area (TPSA) is 56.1 Å². The van der Waals surface area contributed by atoms with Crippen LogP contribution in [-0.2, 0) is 4.79 Å². The first-order chi connectivity index (χ1) is 8.60. The molecule has 1 amide bonds. The fraction of sp³-hybridized carbons (Fsp3) is 0.333. The Morgan fingerprint density at radius 2 is 2.33 bits per heavy atom. The number of carbonyl (C=O) groups is 1. The molecule has 0 unspecified atom stereocenters. The van der Waals surface area contributed by atoms with Crippen molar-refractivity contribution < 1.29 is 9.18 Å². The Bertz CT molecular complexity index is 511. The van der Waals surface area contributed by atoms with Crippen LogP contribution in [-0.4, -0.2) is 18.5 Å². The molecule has 1 aliphatic carbocycles. The van der Waals surface area contributed by atoms with Crippen LogP contribution in [0.3, 0.4) is 0 Å². The van der Waals surface area contributed by atoms with Crippen LogP contribution < -0.4 is 10.2 Å². The van der Waals surface area contributed by atoms with Crippen molar-refractivity contribution in [3.8, 4) is 6.19 Å². The summed E-state index contributed by atoms with van der Waals surface area (Å²) in [6.45, 7) is -0.0883. The van der Waals surface area contributed by atoms with Crippen molar-refractivity contribution in [1.29, 1.82) is 5.26 Å². The van der Waals surface area contributed by atoms with Crippen molar-refractivity contribution in [1.82, 2.24) is 5.32 Å². The van der Waals surface area contributed by atoms with Crippen molar-refractivity contribution in [2.24, 2.45) is 0 Å². The average Bonchev–Trinajstić information content (AvgIpc) is 3.13. The van der Waals surface area contributed by atoms with Gasteiger partial charge in [-0.3, -0.25) is 9.69 Å². The maximum atomic E-state index is 13.0. The van der Waals surface area contributed by atoms with Gasteiger partial charge in [-0.25, -0.2) is 4.39 Å². The van der Waals surface area contributed by atoms with Gasteiger partial charge in [-0.15, -0.1) is 0 Å². The average molecular weight is 268 g/mol. The zero-order valence-electron chi connectivity index (χ0n) is 9.49. The summed E-state index contributed by atoms with van der Waals surface area (Å²) < 4.78 is 13.0. The number of benzene rings is 1. The number of anilines is 1. The lowest BCUT2D eigenvalue weighted by molar-refractivity contribution is -0.119. The molecule has 2 rings (SSSR count). The smallest absolute Gasteiger partial charge is 0.241 e. The predicted molar refractivity (Wildman–Crippen MR) is 65.5 cm³/mol. The quantitative estimate of drug-likeness (QED) is 0.671. The van der Waals surface area contributed by atoms with Gasteiger partial charge in [-0.1, -0.05) is 11.6 Å².